The van der Waals surface area contributed by atoms with Crippen molar-refractivity contribution < 1.29 is 0 Å². The predicted octanol–water partition coefficient (Wildman–Crippen LogP) is 3.38. The Kier molecular flexibility index (Phi) is 3.96. The number of aromatic nitrogens is 2. The minimum atomic E-state index is 0.411. The third-order valence-electron chi connectivity index (χ3n) is 3.41. The molecule has 1 atom stereocenters. The van der Waals surface area contributed by atoms with Crippen LogP contribution in [-0.2, 0) is 0 Å². The topological polar surface area (TPSA) is 29.0 Å². The second-order valence-electron chi connectivity index (χ2n) is 5.24. The first-order valence-electron chi connectivity index (χ1n) is 6.56. The lowest BCUT2D eigenvalue weighted by Gasteiger charge is -2.20. The van der Waals surface area contributed by atoms with Crippen LogP contribution in [0, 0.1) is 13.8 Å². The molecule has 0 aliphatic rings. The molecular weight excluding hydrogens is 234 g/mol. The van der Waals surface area contributed by atoms with Crippen molar-refractivity contribution in [2.45, 2.75) is 26.8 Å². The molecule has 19 heavy (non-hydrogen) atoms. The van der Waals surface area contributed by atoms with Gasteiger partial charge in [0.1, 0.15) is 0 Å². The quantitative estimate of drug-likeness (QED) is 0.842. The molecule has 3 nitrogen and oxygen atoms in total. The van der Waals surface area contributed by atoms with Gasteiger partial charge in [-0.05, 0) is 46.5 Å². The Labute approximate surface area is 115 Å². The van der Waals surface area contributed by atoms with Gasteiger partial charge in [-0.3, -0.25) is 0 Å². The van der Waals surface area contributed by atoms with E-state index in [2.05, 4.69) is 60.2 Å². The van der Waals surface area contributed by atoms with Crippen LogP contribution in [0.15, 0.2) is 30.3 Å². The highest BCUT2D eigenvalue weighted by molar-refractivity contribution is 5.55. The second-order valence-corrected chi connectivity index (χ2v) is 5.24. The highest BCUT2D eigenvalue weighted by Gasteiger charge is 2.08. The third kappa shape index (κ3) is 3.18. The molecular formula is C16H21N3. The molecule has 1 aromatic heterocycles. The summed E-state index contributed by atoms with van der Waals surface area (Å²) in [5, 5.41) is 0. The van der Waals surface area contributed by atoms with Crippen molar-refractivity contribution in [2.75, 3.05) is 14.1 Å². The minimum Gasteiger partial charge on any atom is -0.303 e. The lowest BCUT2D eigenvalue weighted by molar-refractivity contribution is 0.321. The number of aryl methyl sites for hydroxylation is 2. The van der Waals surface area contributed by atoms with E-state index in [9.17, 15) is 0 Å². The van der Waals surface area contributed by atoms with Crippen molar-refractivity contribution in [3.05, 3.63) is 47.3 Å². The molecule has 0 amide bonds. The smallest absolute Gasteiger partial charge is 0.159 e. The van der Waals surface area contributed by atoms with E-state index in [4.69, 9.17) is 0 Å². The average molecular weight is 255 g/mol. The highest BCUT2D eigenvalue weighted by atomic mass is 15.1. The van der Waals surface area contributed by atoms with Gasteiger partial charge >= 0.3 is 0 Å². The molecule has 0 bridgehead atoms. The van der Waals surface area contributed by atoms with Gasteiger partial charge in [0, 0.05) is 23.0 Å². The normalized spacial score (nSPS) is 12.7. The number of hydrogen-bond acceptors (Lipinski definition) is 3. The van der Waals surface area contributed by atoms with Crippen LogP contribution in [0.4, 0.5) is 0 Å². The summed E-state index contributed by atoms with van der Waals surface area (Å²) in [7, 11) is 4.18. The maximum absolute atomic E-state index is 4.49. The van der Waals surface area contributed by atoms with Gasteiger partial charge in [0.15, 0.2) is 5.82 Å². The Hall–Kier alpha value is -1.74. The molecule has 1 aromatic carbocycles. The van der Waals surface area contributed by atoms with Gasteiger partial charge in [-0.1, -0.05) is 24.3 Å². The minimum absolute atomic E-state index is 0.411. The summed E-state index contributed by atoms with van der Waals surface area (Å²) in [5.41, 5.74) is 4.39. The van der Waals surface area contributed by atoms with Crippen molar-refractivity contribution >= 4 is 0 Å². The Morgan fingerprint density at radius 2 is 1.47 bits per heavy atom. The van der Waals surface area contributed by atoms with Gasteiger partial charge in [-0.15, -0.1) is 0 Å². The number of hydrogen-bond donors (Lipinski definition) is 0. The molecule has 1 heterocycles. The van der Waals surface area contributed by atoms with E-state index in [1.54, 1.807) is 0 Å². The van der Waals surface area contributed by atoms with E-state index in [-0.39, 0.29) is 0 Å². The third-order valence-corrected chi connectivity index (χ3v) is 3.41. The summed E-state index contributed by atoms with van der Waals surface area (Å²) >= 11 is 0. The van der Waals surface area contributed by atoms with E-state index >= 15 is 0 Å². The summed E-state index contributed by atoms with van der Waals surface area (Å²) in [6, 6.07) is 10.9. The fraction of sp³-hybridized carbons (Fsp3) is 0.375. The average Bonchev–Trinajstić information content (AvgIpc) is 2.37. The summed E-state index contributed by atoms with van der Waals surface area (Å²) < 4.78 is 0. The fourth-order valence-corrected chi connectivity index (χ4v) is 2.06. The van der Waals surface area contributed by atoms with Crippen LogP contribution in [0.25, 0.3) is 11.4 Å². The van der Waals surface area contributed by atoms with Gasteiger partial charge < -0.3 is 4.90 Å². The molecule has 0 radical (unpaired) electrons. The van der Waals surface area contributed by atoms with E-state index < -0.39 is 0 Å². The second kappa shape index (κ2) is 5.49. The number of rotatable bonds is 3. The summed E-state index contributed by atoms with van der Waals surface area (Å²) in [6.07, 6.45) is 0. The van der Waals surface area contributed by atoms with Crippen LogP contribution in [-0.4, -0.2) is 29.0 Å². The van der Waals surface area contributed by atoms with Gasteiger partial charge in [0.25, 0.3) is 0 Å². The van der Waals surface area contributed by atoms with E-state index in [0.29, 0.717) is 6.04 Å². The van der Waals surface area contributed by atoms with Crippen molar-refractivity contribution in [2.24, 2.45) is 0 Å². The monoisotopic (exact) mass is 255 g/mol. The van der Waals surface area contributed by atoms with Crippen LogP contribution in [0.5, 0.6) is 0 Å². The van der Waals surface area contributed by atoms with Crippen molar-refractivity contribution in [1.29, 1.82) is 0 Å². The largest absolute Gasteiger partial charge is 0.303 e. The zero-order chi connectivity index (χ0) is 14.0. The maximum atomic E-state index is 4.49. The summed E-state index contributed by atoms with van der Waals surface area (Å²) in [4.78, 5) is 11.2. The molecule has 0 saturated carbocycles. The standard InChI is InChI=1S/C16H21N3/c1-11-10-12(2)18-16(17-11)15-8-6-14(7-9-15)13(3)19(4)5/h6-10,13H,1-5H3/t13-/m1/s1. The molecule has 0 aliphatic heterocycles. The molecule has 0 saturated heterocycles. The molecule has 100 valence electrons. The van der Waals surface area contributed by atoms with Crippen molar-refractivity contribution in [1.82, 2.24) is 14.9 Å². The Morgan fingerprint density at radius 1 is 0.947 bits per heavy atom. The zero-order valence-corrected chi connectivity index (χ0v) is 12.3. The van der Waals surface area contributed by atoms with Crippen LogP contribution < -0.4 is 0 Å². The van der Waals surface area contributed by atoms with Crippen LogP contribution in [0.2, 0.25) is 0 Å². The lowest BCUT2D eigenvalue weighted by Crippen LogP contribution is -2.16. The Balaban J connectivity index is 2.32. The maximum Gasteiger partial charge on any atom is 0.159 e. The Bertz CT molecular complexity index is 538. The van der Waals surface area contributed by atoms with E-state index in [1.807, 2.05) is 19.9 Å². The van der Waals surface area contributed by atoms with Crippen molar-refractivity contribution in [3.8, 4) is 11.4 Å². The van der Waals surface area contributed by atoms with Crippen molar-refractivity contribution in [3.63, 3.8) is 0 Å². The molecule has 0 aliphatic carbocycles. The van der Waals surface area contributed by atoms with E-state index in [0.717, 1.165) is 22.8 Å². The molecule has 0 N–H and O–H groups in total. The summed E-state index contributed by atoms with van der Waals surface area (Å²) in [5.74, 6) is 0.807. The van der Waals surface area contributed by atoms with Gasteiger partial charge in [-0.25, -0.2) is 9.97 Å². The molecule has 2 aromatic rings. The van der Waals surface area contributed by atoms with Crippen LogP contribution >= 0.6 is 0 Å². The molecule has 0 unspecified atom stereocenters. The van der Waals surface area contributed by atoms with Gasteiger partial charge in [0.05, 0.1) is 0 Å². The first kappa shape index (κ1) is 13.7. The molecule has 0 spiro atoms. The number of nitrogens with zero attached hydrogens (tertiary/aromatic N) is 3. The van der Waals surface area contributed by atoms with Crippen LogP contribution in [0.3, 0.4) is 0 Å². The first-order valence-corrected chi connectivity index (χ1v) is 6.56. The molecule has 3 heteroatoms. The first-order chi connectivity index (χ1) is 8.97. The predicted molar refractivity (Wildman–Crippen MR) is 79.0 cm³/mol. The Morgan fingerprint density at radius 3 is 1.95 bits per heavy atom. The highest BCUT2D eigenvalue weighted by Crippen LogP contribution is 2.21. The van der Waals surface area contributed by atoms with Crippen LogP contribution in [0.1, 0.15) is 29.9 Å². The summed E-state index contributed by atoms with van der Waals surface area (Å²) in [6.45, 7) is 6.20. The van der Waals surface area contributed by atoms with E-state index in [1.165, 1.54) is 5.56 Å². The van der Waals surface area contributed by atoms with Gasteiger partial charge in [0.2, 0.25) is 0 Å². The van der Waals surface area contributed by atoms with Gasteiger partial charge in [-0.2, -0.15) is 0 Å². The number of benzene rings is 1. The fourth-order valence-electron chi connectivity index (χ4n) is 2.06. The molecule has 2 rings (SSSR count). The molecule has 0 fully saturated rings. The SMILES string of the molecule is Cc1cc(C)nc(-c2ccc([C@@H](C)N(C)C)cc2)n1. The zero-order valence-electron chi connectivity index (χ0n) is 12.3. The lowest BCUT2D eigenvalue weighted by atomic mass is 10.1.